The summed E-state index contributed by atoms with van der Waals surface area (Å²) in [6.07, 6.45) is 1.55. The Bertz CT molecular complexity index is 930. The van der Waals surface area contributed by atoms with Crippen LogP contribution in [-0.4, -0.2) is 45.6 Å². The molecule has 9 heteroatoms. The highest BCUT2D eigenvalue weighted by Gasteiger charge is 2.10. The Labute approximate surface area is 149 Å². The van der Waals surface area contributed by atoms with Gasteiger partial charge in [0.05, 0.1) is 13.3 Å². The summed E-state index contributed by atoms with van der Waals surface area (Å²) < 4.78 is 5.81. The van der Waals surface area contributed by atoms with Gasteiger partial charge in [0.25, 0.3) is 0 Å². The van der Waals surface area contributed by atoms with Crippen LogP contribution in [0.1, 0.15) is 11.3 Å². The van der Waals surface area contributed by atoms with Crippen molar-refractivity contribution in [2.75, 3.05) is 19.0 Å². The van der Waals surface area contributed by atoms with Crippen LogP contribution in [0.25, 0.3) is 10.9 Å². The third-order valence-electron chi connectivity index (χ3n) is 3.98. The number of fused-ring (bicyclic) bond motifs is 1. The zero-order chi connectivity index (χ0) is 18.5. The van der Waals surface area contributed by atoms with E-state index in [2.05, 4.69) is 36.7 Å². The molecule has 0 saturated heterocycles. The largest absolute Gasteiger partial charge is 0.453 e. The van der Waals surface area contributed by atoms with Crippen molar-refractivity contribution in [3.8, 4) is 0 Å². The van der Waals surface area contributed by atoms with Crippen molar-refractivity contribution in [3.63, 3.8) is 0 Å². The van der Waals surface area contributed by atoms with Gasteiger partial charge in [0.15, 0.2) is 5.82 Å². The number of rotatable bonds is 6. The van der Waals surface area contributed by atoms with Crippen molar-refractivity contribution < 1.29 is 14.3 Å². The molecule has 3 aromatic rings. The lowest BCUT2D eigenvalue weighted by Crippen LogP contribution is -2.29. The number of aromatic amines is 1. The van der Waals surface area contributed by atoms with Gasteiger partial charge in [-0.1, -0.05) is 23.4 Å². The molecule has 0 fully saturated rings. The standard InChI is InChI=1S/C17H20N6O3/c1-11-12(13-5-3-4-6-14(13)19-11)7-8-18-16(24)10-23-9-15(21-22-23)20-17(25)26-2/h3-6,9,19H,7-8,10H2,1-2H3,(H,18,24)(H,20,25). The lowest BCUT2D eigenvalue weighted by atomic mass is 10.1. The SMILES string of the molecule is COC(=O)Nc1cn(CC(=O)NCCc2c(C)[nH]c3ccccc23)nn1. The van der Waals surface area contributed by atoms with Gasteiger partial charge in [0.1, 0.15) is 6.54 Å². The Balaban J connectivity index is 1.51. The number of aromatic nitrogens is 4. The number of hydrogen-bond donors (Lipinski definition) is 3. The summed E-state index contributed by atoms with van der Waals surface area (Å²) in [6.45, 7) is 2.56. The smallest absolute Gasteiger partial charge is 0.412 e. The molecule has 0 aliphatic carbocycles. The van der Waals surface area contributed by atoms with E-state index in [-0.39, 0.29) is 18.3 Å². The number of nitrogens with zero attached hydrogens (tertiary/aromatic N) is 3. The number of benzene rings is 1. The molecule has 0 bridgehead atoms. The Morgan fingerprint density at radius 1 is 1.31 bits per heavy atom. The van der Waals surface area contributed by atoms with Gasteiger partial charge in [0.2, 0.25) is 5.91 Å². The van der Waals surface area contributed by atoms with Crippen LogP contribution in [0.2, 0.25) is 0 Å². The molecule has 0 aliphatic heterocycles. The summed E-state index contributed by atoms with van der Waals surface area (Å²) in [5.41, 5.74) is 3.40. The van der Waals surface area contributed by atoms with Gasteiger partial charge in [0, 0.05) is 23.1 Å². The van der Waals surface area contributed by atoms with Crippen LogP contribution < -0.4 is 10.6 Å². The van der Waals surface area contributed by atoms with Gasteiger partial charge in [-0.05, 0) is 25.0 Å². The van der Waals surface area contributed by atoms with Crippen molar-refractivity contribution in [3.05, 3.63) is 41.7 Å². The first-order chi connectivity index (χ1) is 12.6. The Morgan fingerprint density at radius 3 is 2.92 bits per heavy atom. The fourth-order valence-electron chi connectivity index (χ4n) is 2.78. The molecule has 2 heterocycles. The van der Waals surface area contributed by atoms with Gasteiger partial charge in [-0.25, -0.2) is 9.48 Å². The predicted octanol–water partition coefficient (Wildman–Crippen LogP) is 1.61. The minimum absolute atomic E-state index is 0.0166. The highest BCUT2D eigenvalue weighted by Crippen LogP contribution is 2.21. The topological polar surface area (TPSA) is 114 Å². The molecule has 1 aromatic carbocycles. The van der Waals surface area contributed by atoms with Gasteiger partial charge in [-0.2, -0.15) is 0 Å². The molecule has 2 aromatic heterocycles. The minimum atomic E-state index is -0.643. The first-order valence-electron chi connectivity index (χ1n) is 8.15. The average Bonchev–Trinajstić information content (AvgIpc) is 3.18. The number of carbonyl (C=O) groups excluding carboxylic acids is 2. The van der Waals surface area contributed by atoms with Crippen LogP contribution in [0.5, 0.6) is 0 Å². The fraction of sp³-hybridized carbons (Fsp3) is 0.294. The zero-order valence-electron chi connectivity index (χ0n) is 14.6. The number of hydrogen-bond acceptors (Lipinski definition) is 5. The van der Waals surface area contributed by atoms with Gasteiger partial charge >= 0.3 is 6.09 Å². The zero-order valence-corrected chi connectivity index (χ0v) is 14.6. The lowest BCUT2D eigenvalue weighted by molar-refractivity contribution is -0.121. The molecule has 2 amide bonds. The monoisotopic (exact) mass is 356 g/mol. The Morgan fingerprint density at radius 2 is 2.12 bits per heavy atom. The average molecular weight is 356 g/mol. The summed E-state index contributed by atoms with van der Waals surface area (Å²) in [6, 6.07) is 8.10. The van der Waals surface area contributed by atoms with Crippen LogP contribution in [0.3, 0.4) is 0 Å². The molecule has 0 atom stereocenters. The molecule has 0 radical (unpaired) electrons. The molecular weight excluding hydrogens is 336 g/mol. The maximum Gasteiger partial charge on any atom is 0.412 e. The van der Waals surface area contributed by atoms with E-state index in [0.717, 1.165) is 17.6 Å². The van der Waals surface area contributed by atoms with Gasteiger partial charge in [-0.15, -0.1) is 5.10 Å². The molecule has 26 heavy (non-hydrogen) atoms. The highest BCUT2D eigenvalue weighted by atomic mass is 16.5. The number of amides is 2. The van der Waals surface area contributed by atoms with Gasteiger partial charge < -0.3 is 15.0 Å². The van der Waals surface area contributed by atoms with E-state index in [9.17, 15) is 9.59 Å². The minimum Gasteiger partial charge on any atom is -0.453 e. The second-order valence-corrected chi connectivity index (χ2v) is 5.79. The van der Waals surface area contributed by atoms with E-state index >= 15 is 0 Å². The number of carbonyl (C=O) groups is 2. The first kappa shape index (κ1) is 17.5. The second-order valence-electron chi connectivity index (χ2n) is 5.79. The summed E-state index contributed by atoms with van der Waals surface area (Å²) in [7, 11) is 1.25. The molecule has 0 aliphatic rings. The normalized spacial score (nSPS) is 10.7. The summed E-state index contributed by atoms with van der Waals surface area (Å²) >= 11 is 0. The van der Waals surface area contributed by atoms with Crippen LogP contribution in [0.4, 0.5) is 10.6 Å². The molecule has 3 rings (SSSR count). The number of nitrogens with one attached hydrogen (secondary N) is 3. The van der Waals surface area contributed by atoms with Crippen molar-refractivity contribution in [1.82, 2.24) is 25.3 Å². The van der Waals surface area contributed by atoms with Crippen molar-refractivity contribution >= 4 is 28.7 Å². The number of anilines is 1. The fourth-order valence-corrected chi connectivity index (χ4v) is 2.78. The molecule has 9 nitrogen and oxygen atoms in total. The van der Waals surface area contributed by atoms with Crippen LogP contribution in [0, 0.1) is 6.92 Å². The number of H-pyrrole nitrogens is 1. The molecule has 0 spiro atoms. The van der Waals surface area contributed by atoms with E-state index in [1.54, 1.807) is 0 Å². The third-order valence-corrected chi connectivity index (χ3v) is 3.98. The van der Waals surface area contributed by atoms with Crippen LogP contribution in [0.15, 0.2) is 30.5 Å². The molecule has 136 valence electrons. The Kier molecular flexibility index (Phi) is 5.16. The first-order valence-corrected chi connectivity index (χ1v) is 8.15. The van der Waals surface area contributed by atoms with E-state index in [1.807, 2.05) is 25.1 Å². The van der Waals surface area contributed by atoms with Crippen LogP contribution in [-0.2, 0) is 22.5 Å². The van der Waals surface area contributed by atoms with Crippen molar-refractivity contribution in [2.45, 2.75) is 19.9 Å². The molecule has 0 saturated carbocycles. The summed E-state index contributed by atoms with van der Waals surface area (Å²) in [5, 5.41) is 14.0. The van der Waals surface area contributed by atoms with Crippen LogP contribution >= 0.6 is 0 Å². The maximum absolute atomic E-state index is 12.1. The highest BCUT2D eigenvalue weighted by molar-refractivity contribution is 5.85. The number of ether oxygens (including phenoxy) is 1. The van der Waals surface area contributed by atoms with Crippen molar-refractivity contribution in [2.24, 2.45) is 0 Å². The second kappa shape index (κ2) is 7.68. The Hall–Kier alpha value is -3.36. The van der Waals surface area contributed by atoms with E-state index in [4.69, 9.17) is 0 Å². The molecular formula is C17H20N6O3. The maximum atomic E-state index is 12.1. The lowest BCUT2D eigenvalue weighted by Gasteiger charge is -2.05. The van der Waals surface area contributed by atoms with E-state index < -0.39 is 6.09 Å². The van der Waals surface area contributed by atoms with Gasteiger partial charge in [-0.3, -0.25) is 10.1 Å². The summed E-state index contributed by atoms with van der Waals surface area (Å²) in [4.78, 5) is 26.5. The van der Waals surface area contributed by atoms with Crippen molar-refractivity contribution in [1.29, 1.82) is 0 Å². The van der Waals surface area contributed by atoms with E-state index in [1.165, 1.54) is 28.9 Å². The number of aryl methyl sites for hydroxylation is 1. The van der Waals surface area contributed by atoms with E-state index in [0.29, 0.717) is 6.54 Å². The number of para-hydroxylation sites is 1. The third kappa shape index (κ3) is 4.00. The summed E-state index contributed by atoms with van der Waals surface area (Å²) in [5.74, 6) is 0.0380. The quantitative estimate of drug-likeness (QED) is 0.621. The predicted molar refractivity (Wildman–Crippen MR) is 95.8 cm³/mol. The molecule has 0 unspecified atom stereocenters. The molecule has 3 N–H and O–H groups in total. The number of methoxy groups -OCH3 is 1.